The molecular formula is C17H24N2O2. The second-order valence-corrected chi connectivity index (χ2v) is 6.81. The van der Waals surface area contributed by atoms with Gasteiger partial charge in [-0.3, -0.25) is 14.5 Å². The number of imide groups is 1. The molecule has 1 saturated heterocycles. The van der Waals surface area contributed by atoms with Crippen LogP contribution in [0.5, 0.6) is 0 Å². The predicted octanol–water partition coefficient (Wildman–Crippen LogP) is 2.00. The summed E-state index contributed by atoms with van der Waals surface area (Å²) in [5.74, 6) is -0.261. The van der Waals surface area contributed by atoms with Crippen molar-refractivity contribution in [3.05, 3.63) is 35.4 Å². The molecule has 1 fully saturated rings. The van der Waals surface area contributed by atoms with Crippen LogP contribution in [-0.2, 0) is 21.4 Å². The summed E-state index contributed by atoms with van der Waals surface area (Å²) in [7, 11) is 0. The largest absolute Gasteiger partial charge is 0.326 e. The van der Waals surface area contributed by atoms with E-state index in [0.717, 1.165) is 5.56 Å². The highest BCUT2D eigenvalue weighted by molar-refractivity contribution is 5.97. The molecule has 21 heavy (non-hydrogen) atoms. The molecule has 114 valence electrons. The number of likely N-dealkylation sites (tertiary alicyclic amines) is 1. The van der Waals surface area contributed by atoms with Crippen LogP contribution in [-0.4, -0.2) is 29.3 Å². The SMILES string of the molecule is CC(C)(C)c1ccc(CCC(=O)N2CC(N)CC2=O)cc1. The molecule has 0 radical (unpaired) electrons. The van der Waals surface area contributed by atoms with E-state index in [1.54, 1.807) is 0 Å². The van der Waals surface area contributed by atoms with Crippen molar-refractivity contribution in [2.24, 2.45) is 5.73 Å². The number of carbonyl (C=O) groups is 2. The van der Waals surface area contributed by atoms with Crippen LogP contribution >= 0.6 is 0 Å². The molecule has 0 bridgehead atoms. The van der Waals surface area contributed by atoms with Gasteiger partial charge in [-0.05, 0) is 23.0 Å². The zero-order chi connectivity index (χ0) is 15.6. The summed E-state index contributed by atoms with van der Waals surface area (Å²) in [5, 5.41) is 0. The van der Waals surface area contributed by atoms with E-state index in [1.165, 1.54) is 10.5 Å². The van der Waals surface area contributed by atoms with Crippen molar-refractivity contribution >= 4 is 11.8 Å². The number of nitrogens with zero attached hydrogens (tertiary/aromatic N) is 1. The first-order valence-electron chi connectivity index (χ1n) is 7.45. The van der Waals surface area contributed by atoms with Gasteiger partial charge in [0.2, 0.25) is 11.8 Å². The molecular weight excluding hydrogens is 264 g/mol. The Morgan fingerprint density at radius 1 is 1.29 bits per heavy atom. The third-order valence-corrected chi connectivity index (χ3v) is 3.90. The van der Waals surface area contributed by atoms with Crippen molar-refractivity contribution in [1.82, 2.24) is 4.90 Å². The Bertz CT molecular complexity index is 529. The molecule has 4 nitrogen and oxygen atoms in total. The highest BCUT2D eigenvalue weighted by atomic mass is 16.2. The first-order chi connectivity index (χ1) is 9.77. The van der Waals surface area contributed by atoms with E-state index >= 15 is 0 Å². The summed E-state index contributed by atoms with van der Waals surface area (Å²) in [6, 6.07) is 8.14. The van der Waals surface area contributed by atoms with Crippen LogP contribution in [0.3, 0.4) is 0 Å². The van der Waals surface area contributed by atoms with E-state index < -0.39 is 0 Å². The normalized spacial score (nSPS) is 19.1. The third kappa shape index (κ3) is 3.91. The summed E-state index contributed by atoms with van der Waals surface area (Å²) in [6.07, 6.45) is 1.29. The van der Waals surface area contributed by atoms with Gasteiger partial charge in [0.25, 0.3) is 0 Å². The van der Waals surface area contributed by atoms with E-state index in [0.29, 0.717) is 19.4 Å². The van der Waals surface area contributed by atoms with Crippen LogP contribution in [0, 0.1) is 0 Å². The van der Waals surface area contributed by atoms with E-state index in [9.17, 15) is 9.59 Å². The number of hydrogen-bond acceptors (Lipinski definition) is 3. The average Bonchev–Trinajstić information content (AvgIpc) is 2.74. The summed E-state index contributed by atoms with van der Waals surface area (Å²) in [4.78, 5) is 25.0. The van der Waals surface area contributed by atoms with Crippen LogP contribution in [0.15, 0.2) is 24.3 Å². The van der Waals surface area contributed by atoms with E-state index in [1.807, 2.05) is 0 Å². The van der Waals surface area contributed by atoms with Gasteiger partial charge >= 0.3 is 0 Å². The number of nitrogens with two attached hydrogens (primary N) is 1. The molecule has 0 aromatic heterocycles. The minimum atomic E-state index is -0.201. The van der Waals surface area contributed by atoms with E-state index in [4.69, 9.17) is 5.73 Å². The standard InChI is InChI=1S/C17H24N2O2/c1-17(2,3)13-7-4-12(5-8-13)6-9-15(20)19-11-14(18)10-16(19)21/h4-5,7-8,14H,6,9-11,18H2,1-3H3. The second-order valence-electron chi connectivity index (χ2n) is 6.81. The summed E-state index contributed by atoms with van der Waals surface area (Å²) < 4.78 is 0. The van der Waals surface area contributed by atoms with Crippen molar-refractivity contribution in [1.29, 1.82) is 0 Å². The molecule has 1 aromatic rings. The molecule has 1 atom stereocenters. The Morgan fingerprint density at radius 2 is 1.90 bits per heavy atom. The van der Waals surface area contributed by atoms with Crippen molar-refractivity contribution in [3.63, 3.8) is 0 Å². The summed E-state index contributed by atoms with van der Waals surface area (Å²) in [6.45, 7) is 6.88. The minimum Gasteiger partial charge on any atom is -0.326 e. The summed E-state index contributed by atoms with van der Waals surface area (Å²) >= 11 is 0. The lowest BCUT2D eigenvalue weighted by molar-refractivity contribution is -0.141. The van der Waals surface area contributed by atoms with Crippen molar-refractivity contribution in [2.45, 2.75) is 51.5 Å². The van der Waals surface area contributed by atoms with Crippen molar-refractivity contribution in [3.8, 4) is 0 Å². The number of amides is 2. The van der Waals surface area contributed by atoms with Crippen LogP contribution < -0.4 is 5.73 Å². The fraction of sp³-hybridized carbons (Fsp3) is 0.529. The monoisotopic (exact) mass is 288 g/mol. The van der Waals surface area contributed by atoms with Gasteiger partial charge in [0.05, 0.1) is 0 Å². The van der Waals surface area contributed by atoms with Gasteiger partial charge in [0.15, 0.2) is 0 Å². The molecule has 2 amide bonds. The Hall–Kier alpha value is -1.68. The molecule has 0 spiro atoms. The van der Waals surface area contributed by atoms with Gasteiger partial charge in [-0.1, -0.05) is 45.0 Å². The van der Waals surface area contributed by atoms with E-state index in [2.05, 4.69) is 45.0 Å². The number of aryl methyl sites for hydroxylation is 1. The molecule has 1 unspecified atom stereocenters. The van der Waals surface area contributed by atoms with Crippen LogP contribution in [0.25, 0.3) is 0 Å². The van der Waals surface area contributed by atoms with Gasteiger partial charge < -0.3 is 5.73 Å². The Labute approximate surface area is 126 Å². The topological polar surface area (TPSA) is 63.4 Å². The van der Waals surface area contributed by atoms with Gasteiger partial charge in [0.1, 0.15) is 0 Å². The molecule has 1 aliphatic rings. The van der Waals surface area contributed by atoms with Crippen LogP contribution in [0.4, 0.5) is 0 Å². The molecule has 0 aliphatic carbocycles. The number of hydrogen-bond donors (Lipinski definition) is 1. The molecule has 2 N–H and O–H groups in total. The molecule has 4 heteroatoms. The van der Waals surface area contributed by atoms with Crippen molar-refractivity contribution < 1.29 is 9.59 Å². The smallest absolute Gasteiger partial charge is 0.230 e. The lowest BCUT2D eigenvalue weighted by Gasteiger charge is -2.19. The predicted molar refractivity (Wildman–Crippen MR) is 82.8 cm³/mol. The Balaban J connectivity index is 1.91. The zero-order valence-corrected chi connectivity index (χ0v) is 13.1. The fourth-order valence-corrected chi connectivity index (χ4v) is 2.53. The fourth-order valence-electron chi connectivity index (χ4n) is 2.53. The average molecular weight is 288 g/mol. The molecule has 0 saturated carbocycles. The van der Waals surface area contributed by atoms with E-state index in [-0.39, 0.29) is 29.7 Å². The van der Waals surface area contributed by atoms with Gasteiger partial charge in [-0.15, -0.1) is 0 Å². The van der Waals surface area contributed by atoms with Gasteiger partial charge in [-0.2, -0.15) is 0 Å². The highest BCUT2D eigenvalue weighted by Gasteiger charge is 2.31. The van der Waals surface area contributed by atoms with Gasteiger partial charge in [0, 0.05) is 25.4 Å². The molecule has 1 heterocycles. The molecule has 1 aromatic carbocycles. The maximum Gasteiger partial charge on any atom is 0.230 e. The summed E-state index contributed by atoms with van der Waals surface area (Å²) in [5.41, 5.74) is 8.23. The number of rotatable bonds is 3. The first kappa shape index (κ1) is 15.7. The van der Waals surface area contributed by atoms with Crippen LogP contribution in [0.1, 0.15) is 44.7 Å². The maximum atomic E-state index is 12.1. The quantitative estimate of drug-likeness (QED) is 0.925. The third-order valence-electron chi connectivity index (χ3n) is 3.90. The van der Waals surface area contributed by atoms with Crippen molar-refractivity contribution in [2.75, 3.05) is 6.54 Å². The Kier molecular flexibility index (Phi) is 4.47. The van der Waals surface area contributed by atoms with Crippen LogP contribution in [0.2, 0.25) is 0 Å². The highest BCUT2D eigenvalue weighted by Crippen LogP contribution is 2.22. The number of benzene rings is 1. The first-order valence-corrected chi connectivity index (χ1v) is 7.45. The minimum absolute atomic E-state index is 0.118. The number of carbonyl (C=O) groups excluding carboxylic acids is 2. The Morgan fingerprint density at radius 3 is 2.38 bits per heavy atom. The molecule has 2 rings (SSSR count). The second kappa shape index (κ2) is 5.98. The molecule has 1 aliphatic heterocycles. The van der Waals surface area contributed by atoms with Gasteiger partial charge in [-0.25, -0.2) is 0 Å². The zero-order valence-electron chi connectivity index (χ0n) is 13.1. The lowest BCUT2D eigenvalue weighted by atomic mass is 9.86. The lowest BCUT2D eigenvalue weighted by Crippen LogP contribution is -2.34. The maximum absolute atomic E-state index is 12.1.